The molecule has 0 bridgehead atoms. The molecule has 2 aromatic rings. The predicted octanol–water partition coefficient (Wildman–Crippen LogP) is 2.39. The Bertz CT molecular complexity index is 833. The third-order valence-corrected chi connectivity index (χ3v) is 5.61. The first-order valence-corrected chi connectivity index (χ1v) is 10.3. The summed E-state index contributed by atoms with van der Waals surface area (Å²) in [4.78, 5) is 6.86. The second kappa shape index (κ2) is 9.11. The lowest BCUT2D eigenvalue weighted by Gasteiger charge is -2.28. The van der Waals surface area contributed by atoms with Crippen LogP contribution in [0.15, 0.2) is 47.5 Å². The topological polar surface area (TPSA) is 48.9 Å². The zero-order valence-electron chi connectivity index (χ0n) is 16.7. The average Bonchev–Trinajstić information content (AvgIpc) is 3.20. The molecule has 0 aromatic heterocycles. The standard InChI is InChI=1S/C23H30N4O/c1-24-23(25-11-8-18-6-7-22-20(16-18)10-15-28-22)26-12-14-27-13-9-19-4-2-3-5-21(19)17-27/h2-7,16H,8-15,17H2,1H3,(H2,24,25,26). The van der Waals surface area contributed by atoms with Crippen LogP contribution in [0.1, 0.15) is 22.3 Å². The maximum Gasteiger partial charge on any atom is 0.191 e. The normalized spacial score (nSPS) is 16.2. The van der Waals surface area contributed by atoms with E-state index in [1.54, 1.807) is 0 Å². The molecular weight excluding hydrogens is 348 g/mol. The first-order chi connectivity index (χ1) is 13.8. The Morgan fingerprint density at radius 2 is 1.89 bits per heavy atom. The smallest absolute Gasteiger partial charge is 0.191 e. The van der Waals surface area contributed by atoms with Crippen molar-refractivity contribution in [3.63, 3.8) is 0 Å². The Labute approximate surface area is 167 Å². The Morgan fingerprint density at radius 1 is 1.04 bits per heavy atom. The molecule has 0 unspecified atom stereocenters. The molecule has 4 rings (SSSR count). The number of hydrogen-bond acceptors (Lipinski definition) is 3. The van der Waals surface area contributed by atoms with Gasteiger partial charge in [0.05, 0.1) is 6.61 Å². The number of benzene rings is 2. The molecule has 2 N–H and O–H groups in total. The molecule has 5 heteroatoms. The van der Waals surface area contributed by atoms with E-state index in [-0.39, 0.29) is 0 Å². The van der Waals surface area contributed by atoms with E-state index < -0.39 is 0 Å². The molecule has 148 valence electrons. The number of ether oxygens (including phenoxy) is 1. The van der Waals surface area contributed by atoms with Gasteiger partial charge in [-0.1, -0.05) is 36.4 Å². The molecule has 0 aliphatic carbocycles. The summed E-state index contributed by atoms with van der Waals surface area (Å²) in [5, 5.41) is 6.87. The highest BCUT2D eigenvalue weighted by Crippen LogP contribution is 2.25. The van der Waals surface area contributed by atoms with Crippen LogP contribution in [0.5, 0.6) is 5.75 Å². The maximum absolute atomic E-state index is 5.58. The van der Waals surface area contributed by atoms with Gasteiger partial charge in [0.1, 0.15) is 5.75 Å². The molecule has 0 fully saturated rings. The van der Waals surface area contributed by atoms with Crippen molar-refractivity contribution in [3.05, 3.63) is 64.7 Å². The molecule has 0 saturated heterocycles. The van der Waals surface area contributed by atoms with Crippen molar-refractivity contribution in [1.29, 1.82) is 0 Å². The minimum atomic E-state index is 0.816. The van der Waals surface area contributed by atoms with Crippen molar-refractivity contribution in [1.82, 2.24) is 15.5 Å². The van der Waals surface area contributed by atoms with Crippen LogP contribution in [-0.4, -0.2) is 50.7 Å². The lowest BCUT2D eigenvalue weighted by atomic mass is 10.00. The third-order valence-electron chi connectivity index (χ3n) is 5.61. The molecule has 0 atom stereocenters. The van der Waals surface area contributed by atoms with Gasteiger partial charge in [-0.05, 0) is 41.2 Å². The van der Waals surface area contributed by atoms with Gasteiger partial charge < -0.3 is 15.4 Å². The van der Waals surface area contributed by atoms with Crippen molar-refractivity contribution in [2.75, 3.05) is 39.8 Å². The van der Waals surface area contributed by atoms with Crippen molar-refractivity contribution >= 4 is 5.96 Å². The summed E-state index contributed by atoms with van der Waals surface area (Å²) in [6.07, 6.45) is 3.16. The van der Waals surface area contributed by atoms with Crippen molar-refractivity contribution in [2.24, 2.45) is 4.99 Å². The molecule has 5 nitrogen and oxygen atoms in total. The molecule has 0 radical (unpaired) electrons. The Balaban J connectivity index is 1.17. The minimum Gasteiger partial charge on any atom is -0.493 e. The van der Waals surface area contributed by atoms with Gasteiger partial charge in [0, 0.05) is 46.2 Å². The summed E-state index contributed by atoms with van der Waals surface area (Å²) < 4.78 is 5.58. The highest BCUT2D eigenvalue weighted by Gasteiger charge is 2.15. The molecule has 2 aromatic carbocycles. The fourth-order valence-electron chi connectivity index (χ4n) is 4.02. The molecule has 2 aliphatic heterocycles. The molecule has 0 spiro atoms. The largest absolute Gasteiger partial charge is 0.493 e. The van der Waals surface area contributed by atoms with Gasteiger partial charge in [0.2, 0.25) is 0 Å². The fraction of sp³-hybridized carbons (Fsp3) is 0.435. The summed E-state index contributed by atoms with van der Waals surface area (Å²) in [5.41, 5.74) is 5.65. The van der Waals surface area contributed by atoms with Crippen LogP contribution in [-0.2, 0) is 25.8 Å². The zero-order valence-corrected chi connectivity index (χ0v) is 16.7. The fourth-order valence-corrected chi connectivity index (χ4v) is 4.02. The zero-order chi connectivity index (χ0) is 19.2. The number of nitrogens with one attached hydrogen (secondary N) is 2. The van der Waals surface area contributed by atoms with E-state index in [9.17, 15) is 0 Å². The van der Waals surface area contributed by atoms with E-state index in [1.807, 2.05) is 7.05 Å². The van der Waals surface area contributed by atoms with Crippen molar-refractivity contribution in [3.8, 4) is 5.75 Å². The predicted molar refractivity (Wildman–Crippen MR) is 114 cm³/mol. The van der Waals surface area contributed by atoms with Gasteiger partial charge in [0.25, 0.3) is 0 Å². The van der Waals surface area contributed by atoms with Crippen LogP contribution < -0.4 is 15.4 Å². The first kappa shape index (κ1) is 18.8. The summed E-state index contributed by atoms with van der Waals surface area (Å²) in [7, 11) is 1.83. The Hall–Kier alpha value is -2.53. The number of hydrogen-bond donors (Lipinski definition) is 2. The maximum atomic E-state index is 5.58. The number of rotatable bonds is 6. The SMILES string of the molecule is CN=C(NCCc1ccc2c(c1)CCO2)NCCN1CCc2ccccc2C1. The van der Waals surface area contributed by atoms with Gasteiger partial charge >= 0.3 is 0 Å². The van der Waals surface area contributed by atoms with E-state index in [0.29, 0.717) is 0 Å². The van der Waals surface area contributed by atoms with Crippen LogP contribution >= 0.6 is 0 Å². The highest BCUT2D eigenvalue weighted by atomic mass is 16.5. The van der Waals surface area contributed by atoms with Crippen LogP contribution in [0.4, 0.5) is 0 Å². The van der Waals surface area contributed by atoms with E-state index in [0.717, 1.165) is 70.3 Å². The number of nitrogens with zero attached hydrogens (tertiary/aromatic N) is 2. The monoisotopic (exact) mass is 378 g/mol. The van der Waals surface area contributed by atoms with E-state index >= 15 is 0 Å². The first-order valence-electron chi connectivity index (χ1n) is 10.3. The van der Waals surface area contributed by atoms with E-state index in [1.165, 1.54) is 22.3 Å². The van der Waals surface area contributed by atoms with Crippen LogP contribution in [0, 0.1) is 0 Å². The highest BCUT2D eigenvalue weighted by molar-refractivity contribution is 5.79. The lowest BCUT2D eigenvalue weighted by Crippen LogP contribution is -2.43. The number of guanidine groups is 1. The summed E-state index contributed by atoms with van der Waals surface area (Å²) in [5.74, 6) is 1.93. The second-order valence-electron chi connectivity index (χ2n) is 7.51. The minimum absolute atomic E-state index is 0.816. The summed E-state index contributed by atoms with van der Waals surface area (Å²) in [6, 6.07) is 15.3. The average molecular weight is 379 g/mol. The molecular formula is C23H30N4O. The van der Waals surface area contributed by atoms with Crippen molar-refractivity contribution < 1.29 is 4.74 Å². The molecule has 0 amide bonds. The van der Waals surface area contributed by atoms with E-state index in [4.69, 9.17) is 4.74 Å². The molecule has 2 heterocycles. The van der Waals surface area contributed by atoms with Gasteiger partial charge in [-0.25, -0.2) is 0 Å². The third kappa shape index (κ3) is 4.65. The van der Waals surface area contributed by atoms with Crippen LogP contribution in [0.3, 0.4) is 0 Å². The Morgan fingerprint density at radius 3 is 2.79 bits per heavy atom. The second-order valence-corrected chi connectivity index (χ2v) is 7.51. The number of fused-ring (bicyclic) bond motifs is 2. The van der Waals surface area contributed by atoms with Crippen LogP contribution in [0.25, 0.3) is 0 Å². The van der Waals surface area contributed by atoms with Gasteiger partial charge in [-0.2, -0.15) is 0 Å². The summed E-state index contributed by atoms with van der Waals surface area (Å²) >= 11 is 0. The van der Waals surface area contributed by atoms with Gasteiger partial charge in [-0.15, -0.1) is 0 Å². The number of aliphatic imine (C=N–C) groups is 1. The van der Waals surface area contributed by atoms with E-state index in [2.05, 4.69) is 63.0 Å². The molecule has 28 heavy (non-hydrogen) atoms. The van der Waals surface area contributed by atoms with Crippen LogP contribution in [0.2, 0.25) is 0 Å². The summed E-state index contributed by atoms with van der Waals surface area (Å²) in [6.45, 7) is 5.79. The van der Waals surface area contributed by atoms with Gasteiger partial charge in [-0.3, -0.25) is 9.89 Å². The molecule has 0 saturated carbocycles. The van der Waals surface area contributed by atoms with Gasteiger partial charge in [0.15, 0.2) is 5.96 Å². The lowest BCUT2D eigenvalue weighted by molar-refractivity contribution is 0.258. The Kier molecular flexibility index (Phi) is 6.12. The van der Waals surface area contributed by atoms with Crippen molar-refractivity contribution in [2.45, 2.75) is 25.8 Å². The molecule has 2 aliphatic rings. The quantitative estimate of drug-likeness (QED) is 0.599.